The minimum absolute atomic E-state index is 0.0204. The van der Waals surface area contributed by atoms with Gasteiger partial charge >= 0.3 is 12.1 Å². The molecule has 11 nitrogen and oxygen atoms in total. The molecule has 0 bridgehead atoms. The highest BCUT2D eigenvalue weighted by atomic mass is 19.1. The summed E-state index contributed by atoms with van der Waals surface area (Å²) in [5.41, 5.74) is 2.06. The lowest BCUT2D eigenvalue weighted by molar-refractivity contribution is -0.151. The highest BCUT2D eigenvalue weighted by Crippen LogP contribution is 2.29. The molecular weight excluding hydrogens is 581 g/mol. The van der Waals surface area contributed by atoms with Crippen LogP contribution in [0.2, 0.25) is 0 Å². The maximum Gasteiger partial charge on any atom is 0.410 e. The molecule has 0 unspecified atom stereocenters. The Morgan fingerprint density at radius 2 is 1.91 bits per heavy atom. The van der Waals surface area contributed by atoms with E-state index in [1.165, 1.54) is 6.07 Å². The SMILES string of the molecule is C/C(=C\c1cc(F)c2nnn([C@H]3CCCOC3)c2c1)[C@H]1OC(=O)C[C@H](O)CC[C@H](C)[C@@H](OC(=O)N2CCN(C)CC2)/C=C/[C@@H]1C. The monoisotopic (exact) mass is 627 g/mol. The number of hydrogen-bond donors (Lipinski definition) is 1. The van der Waals surface area contributed by atoms with Crippen molar-refractivity contribution in [2.24, 2.45) is 11.8 Å². The zero-order valence-electron chi connectivity index (χ0n) is 26.7. The number of aromatic nitrogens is 3. The van der Waals surface area contributed by atoms with E-state index in [1.807, 2.05) is 46.0 Å². The molecule has 1 amide bonds. The summed E-state index contributed by atoms with van der Waals surface area (Å²) < 4.78 is 34.5. The minimum Gasteiger partial charge on any atom is -0.457 e. The maximum absolute atomic E-state index is 15.2. The molecule has 12 heteroatoms. The van der Waals surface area contributed by atoms with Crippen molar-refractivity contribution in [3.63, 3.8) is 0 Å². The number of benzene rings is 1. The number of halogens is 1. The molecule has 0 spiro atoms. The van der Waals surface area contributed by atoms with Crippen molar-refractivity contribution in [1.82, 2.24) is 24.8 Å². The fourth-order valence-corrected chi connectivity index (χ4v) is 6.26. The van der Waals surface area contributed by atoms with Gasteiger partial charge in [-0.25, -0.2) is 13.9 Å². The van der Waals surface area contributed by atoms with Crippen LogP contribution in [-0.2, 0) is 19.0 Å². The number of piperazine rings is 1. The second-order valence-corrected chi connectivity index (χ2v) is 12.9. The van der Waals surface area contributed by atoms with Gasteiger partial charge in [-0.15, -0.1) is 5.10 Å². The quantitative estimate of drug-likeness (QED) is 0.390. The van der Waals surface area contributed by atoms with E-state index in [2.05, 4.69) is 15.2 Å². The molecule has 2 saturated heterocycles. The minimum atomic E-state index is -0.884. The first-order valence-electron chi connectivity index (χ1n) is 16.1. The number of rotatable bonds is 4. The number of esters is 1. The van der Waals surface area contributed by atoms with Crippen LogP contribution in [0.15, 0.2) is 29.9 Å². The van der Waals surface area contributed by atoms with Gasteiger partial charge in [0.05, 0.1) is 30.7 Å². The highest BCUT2D eigenvalue weighted by molar-refractivity contribution is 5.79. The van der Waals surface area contributed by atoms with Gasteiger partial charge in [-0.1, -0.05) is 31.2 Å². The molecule has 6 atom stereocenters. The third-order valence-corrected chi connectivity index (χ3v) is 9.14. The molecule has 0 aliphatic carbocycles. The number of hydrogen-bond acceptors (Lipinski definition) is 9. The molecule has 2 fully saturated rings. The van der Waals surface area contributed by atoms with E-state index in [9.17, 15) is 14.7 Å². The Hall–Kier alpha value is -3.35. The normalized spacial score (nSPS) is 30.3. The standard InChI is InChI=1S/C33H46FN5O6/c1-21-7-9-26(40)19-30(41)45-32(22(2)8-10-29(21)44-33(42)38-13-11-37(4)12-14-38)23(3)16-24-17-27(34)31-28(18-24)39(36-35-31)25-6-5-15-43-20-25/h8,10,16-18,21-22,25-26,29,32,40H,5-7,9,11-15,19-20H2,1-4H3/b10-8+,23-16+/t21-,22-,25-,26+,29-,32-/m0/s1. The predicted octanol–water partition coefficient (Wildman–Crippen LogP) is 4.36. The number of cyclic esters (lactones) is 1. The molecule has 1 N–H and O–H groups in total. The van der Waals surface area contributed by atoms with Gasteiger partial charge in [-0.3, -0.25) is 4.79 Å². The van der Waals surface area contributed by atoms with Crippen LogP contribution in [0, 0.1) is 17.7 Å². The van der Waals surface area contributed by atoms with E-state index < -0.39 is 30.1 Å². The van der Waals surface area contributed by atoms with Crippen molar-refractivity contribution in [1.29, 1.82) is 0 Å². The number of fused-ring (bicyclic) bond motifs is 1. The summed E-state index contributed by atoms with van der Waals surface area (Å²) in [6.45, 7) is 9.73. The third-order valence-electron chi connectivity index (χ3n) is 9.14. The number of carbonyl (C=O) groups is 2. The predicted molar refractivity (Wildman–Crippen MR) is 167 cm³/mol. The Labute approximate surface area is 264 Å². The average molecular weight is 628 g/mol. The van der Waals surface area contributed by atoms with Gasteiger partial charge in [0.25, 0.3) is 0 Å². The van der Waals surface area contributed by atoms with Gasteiger partial charge in [0.15, 0.2) is 5.82 Å². The van der Waals surface area contributed by atoms with Crippen LogP contribution >= 0.6 is 0 Å². The summed E-state index contributed by atoms with van der Waals surface area (Å²) in [7, 11) is 2.03. The number of carbonyl (C=O) groups excluding carboxylic acids is 2. The van der Waals surface area contributed by atoms with Crippen LogP contribution in [-0.4, -0.2) is 107 Å². The van der Waals surface area contributed by atoms with Gasteiger partial charge < -0.3 is 29.1 Å². The molecule has 2 aromatic rings. The average Bonchev–Trinajstić information content (AvgIpc) is 3.45. The van der Waals surface area contributed by atoms with E-state index in [1.54, 1.807) is 15.7 Å². The molecule has 0 radical (unpaired) electrons. The summed E-state index contributed by atoms with van der Waals surface area (Å²) in [6.07, 6.45) is 5.70. The lowest BCUT2D eigenvalue weighted by Gasteiger charge is -2.33. The molecule has 1 aromatic heterocycles. The van der Waals surface area contributed by atoms with Crippen LogP contribution < -0.4 is 0 Å². The lowest BCUT2D eigenvalue weighted by Crippen LogP contribution is -2.48. The molecule has 45 heavy (non-hydrogen) atoms. The van der Waals surface area contributed by atoms with Crippen LogP contribution in [0.25, 0.3) is 17.1 Å². The second kappa shape index (κ2) is 14.8. The zero-order chi connectivity index (χ0) is 32.1. The Balaban J connectivity index is 1.40. The molecular formula is C33H46FN5O6. The number of nitrogens with zero attached hydrogens (tertiary/aromatic N) is 5. The van der Waals surface area contributed by atoms with Gasteiger partial charge in [0.2, 0.25) is 0 Å². The second-order valence-electron chi connectivity index (χ2n) is 12.9. The smallest absolute Gasteiger partial charge is 0.410 e. The van der Waals surface area contributed by atoms with Crippen molar-refractivity contribution in [3.05, 3.63) is 41.2 Å². The Morgan fingerprint density at radius 1 is 1.13 bits per heavy atom. The third kappa shape index (κ3) is 8.28. The van der Waals surface area contributed by atoms with Crippen molar-refractivity contribution in [2.45, 2.75) is 77.2 Å². The molecule has 5 rings (SSSR count). The van der Waals surface area contributed by atoms with Crippen LogP contribution in [0.5, 0.6) is 0 Å². The molecule has 1 aromatic carbocycles. The molecule has 3 aliphatic heterocycles. The van der Waals surface area contributed by atoms with Gasteiger partial charge in [-0.2, -0.15) is 0 Å². The summed E-state index contributed by atoms with van der Waals surface area (Å²) in [4.78, 5) is 29.9. The van der Waals surface area contributed by atoms with Crippen molar-refractivity contribution in [2.75, 3.05) is 46.4 Å². The summed E-state index contributed by atoms with van der Waals surface area (Å²) in [5.74, 6) is -1.37. The van der Waals surface area contributed by atoms with E-state index in [0.29, 0.717) is 55.8 Å². The first kappa shape index (κ1) is 33.0. The Bertz CT molecular complexity index is 1400. The largest absolute Gasteiger partial charge is 0.457 e. The molecule has 4 heterocycles. The Morgan fingerprint density at radius 3 is 2.64 bits per heavy atom. The molecule has 0 saturated carbocycles. The lowest BCUT2D eigenvalue weighted by atomic mass is 9.91. The number of aliphatic hydroxyl groups is 1. The fraction of sp³-hybridized carbons (Fsp3) is 0.636. The van der Waals surface area contributed by atoms with Crippen LogP contribution in [0.4, 0.5) is 9.18 Å². The van der Waals surface area contributed by atoms with Gasteiger partial charge in [-0.05, 0) is 74.9 Å². The van der Waals surface area contributed by atoms with E-state index in [0.717, 1.165) is 25.9 Å². The highest BCUT2D eigenvalue weighted by Gasteiger charge is 2.29. The summed E-state index contributed by atoms with van der Waals surface area (Å²) in [5, 5.41) is 18.9. The summed E-state index contributed by atoms with van der Waals surface area (Å²) >= 11 is 0. The van der Waals surface area contributed by atoms with Crippen molar-refractivity contribution >= 4 is 29.2 Å². The van der Waals surface area contributed by atoms with Crippen molar-refractivity contribution in [3.8, 4) is 0 Å². The van der Waals surface area contributed by atoms with Crippen LogP contribution in [0.3, 0.4) is 0 Å². The molecule has 3 aliphatic rings. The molecule has 246 valence electrons. The van der Waals surface area contributed by atoms with E-state index in [-0.39, 0.29) is 35.9 Å². The first-order valence-corrected chi connectivity index (χ1v) is 16.1. The number of ether oxygens (including phenoxy) is 3. The number of amides is 1. The fourth-order valence-electron chi connectivity index (χ4n) is 6.26. The zero-order valence-corrected chi connectivity index (χ0v) is 26.7. The summed E-state index contributed by atoms with van der Waals surface area (Å²) in [6, 6.07) is 3.22. The van der Waals surface area contributed by atoms with Gasteiger partial charge in [0.1, 0.15) is 17.7 Å². The first-order chi connectivity index (χ1) is 21.6. The maximum atomic E-state index is 15.2. The van der Waals surface area contributed by atoms with Crippen LogP contribution in [0.1, 0.15) is 64.5 Å². The van der Waals surface area contributed by atoms with Crippen molar-refractivity contribution < 1.29 is 33.3 Å². The topological polar surface area (TPSA) is 119 Å². The number of aliphatic hydroxyl groups excluding tert-OH is 1. The Kier molecular flexibility index (Phi) is 10.9. The van der Waals surface area contributed by atoms with Gasteiger partial charge in [0, 0.05) is 38.7 Å². The van der Waals surface area contributed by atoms with E-state index in [4.69, 9.17) is 14.2 Å². The van der Waals surface area contributed by atoms with E-state index >= 15 is 4.39 Å². The number of likely N-dealkylation sites (N-methyl/N-ethyl adjacent to an activating group) is 1.